The topological polar surface area (TPSA) is 99.2 Å². The maximum atomic E-state index is 11.9. The molecule has 0 aliphatic rings. The van der Waals surface area contributed by atoms with Gasteiger partial charge in [-0.2, -0.15) is 5.10 Å². The molecule has 0 radical (unpaired) electrons. The Morgan fingerprint density at radius 2 is 2.39 bits per heavy atom. The Morgan fingerprint density at radius 3 is 2.89 bits per heavy atom. The molecule has 0 saturated heterocycles. The van der Waals surface area contributed by atoms with E-state index in [-0.39, 0.29) is 23.4 Å². The second-order valence-electron chi connectivity index (χ2n) is 3.84. The van der Waals surface area contributed by atoms with Crippen LogP contribution in [0.5, 0.6) is 0 Å². The zero-order valence-electron chi connectivity index (χ0n) is 10.5. The van der Waals surface area contributed by atoms with E-state index in [9.17, 15) is 8.42 Å². The maximum Gasteiger partial charge on any atom is 0.245 e. The Morgan fingerprint density at radius 1 is 1.72 bits per heavy atom. The quantitative estimate of drug-likeness (QED) is 0.675. The Kier molecular flexibility index (Phi) is 4.88. The molecule has 0 fully saturated rings. The fraction of sp³-hybridized carbons (Fsp3) is 0.500. The van der Waals surface area contributed by atoms with Gasteiger partial charge in [-0.3, -0.25) is 4.68 Å². The van der Waals surface area contributed by atoms with Gasteiger partial charge >= 0.3 is 0 Å². The zero-order valence-corrected chi connectivity index (χ0v) is 11.3. The van der Waals surface area contributed by atoms with Crippen LogP contribution in [0.2, 0.25) is 0 Å². The molecule has 0 bridgehead atoms. The average molecular weight is 274 g/mol. The van der Waals surface area contributed by atoms with E-state index in [1.807, 2.05) is 0 Å². The van der Waals surface area contributed by atoms with Gasteiger partial charge in [0.15, 0.2) is 5.82 Å². The summed E-state index contributed by atoms with van der Waals surface area (Å²) in [6.45, 7) is 5.80. The van der Waals surface area contributed by atoms with Crippen molar-refractivity contribution in [1.82, 2.24) is 14.5 Å². The van der Waals surface area contributed by atoms with Crippen molar-refractivity contribution in [3.63, 3.8) is 0 Å². The highest BCUT2D eigenvalue weighted by Crippen LogP contribution is 2.14. The number of anilines is 1. The predicted molar refractivity (Wildman–Crippen MR) is 68.4 cm³/mol. The molecule has 1 atom stereocenters. The number of rotatable bonds is 7. The van der Waals surface area contributed by atoms with Gasteiger partial charge in [-0.25, -0.2) is 13.1 Å². The van der Waals surface area contributed by atoms with Gasteiger partial charge in [0.05, 0.1) is 12.7 Å². The lowest BCUT2D eigenvalue weighted by molar-refractivity contribution is 0.0921. The number of nitrogens with zero attached hydrogens (tertiary/aromatic N) is 2. The van der Waals surface area contributed by atoms with E-state index in [0.717, 1.165) is 0 Å². The summed E-state index contributed by atoms with van der Waals surface area (Å²) in [5.74, 6) is -0.0235. The minimum atomic E-state index is -3.65. The van der Waals surface area contributed by atoms with E-state index in [2.05, 4.69) is 16.4 Å². The average Bonchev–Trinajstić information content (AvgIpc) is 2.64. The largest absolute Gasteiger partial charge is 0.381 e. The molecule has 1 rings (SSSR count). The normalized spacial score (nSPS) is 13.4. The molecule has 1 unspecified atom stereocenters. The summed E-state index contributed by atoms with van der Waals surface area (Å²) in [5.41, 5.74) is 5.52. The van der Waals surface area contributed by atoms with Crippen LogP contribution in [-0.2, 0) is 21.8 Å². The lowest BCUT2D eigenvalue weighted by Crippen LogP contribution is -2.32. The number of nitrogens with two attached hydrogens (primary N) is 1. The van der Waals surface area contributed by atoms with E-state index in [0.29, 0.717) is 6.61 Å². The smallest absolute Gasteiger partial charge is 0.245 e. The van der Waals surface area contributed by atoms with Gasteiger partial charge in [-0.1, -0.05) is 6.08 Å². The fourth-order valence-electron chi connectivity index (χ4n) is 1.29. The number of hydrogen-bond donors (Lipinski definition) is 2. The molecule has 1 aromatic heterocycles. The highest BCUT2D eigenvalue weighted by molar-refractivity contribution is 7.89. The number of ether oxygens (including phenoxy) is 1. The Balaban J connectivity index is 2.66. The molecular formula is C10H18N4O3S. The molecule has 0 spiro atoms. The Bertz CT molecular complexity index is 509. The SMILES string of the molecule is C=CCOC(C)CNS(=O)(=O)c1cn(C)nc1N. The molecule has 18 heavy (non-hydrogen) atoms. The van der Waals surface area contributed by atoms with Crippen molar-refractivity contribution in [3.05, 3.63) is 18.9 Å². The van der Waals surface area contributed by atoms with Crippen molar-refractivity contribution in [3.8, 4) is 0 Å². The van der Waals surface area contributed by atoms with Crippen LogP contribution in [0.1, 0.15) is 6.92 Å². The van der Waals surface area contributed by atoms with E-state index in [4.69, 9.17) is 10.5 Å². The van der Waals surface area contributed by atoms with Gasteiger partial charge in [-0.15, -0.1) is 6.58 Å². The lowest BCUT2D eigenvalue weighted by atomic mass is 10.4. The number of aromatic nitrogens is 2. The molecule has 1 heterocycles. The van der Waals surface area contributed by atoms with Crippen molar-refractivity contribution in [1.29, 1.82) is 0 Å². The lowest BCUT2D eigenvalue weighted by Gasteiger charge is -2.12. The summed E-state index contributed by atoms with van der Waals surface area (Å²) in [5, 5.41) is 3.78. The third kappa shape index (κ3) is 3.83. The zero-order chi connectivity index (χ0) is 13.8. The highest BCUT2D eigenvalue weighted by atomic mass is 32.2. The third-order valence-corrected chi connectivity index (χ3v) is 3.61. The monoisotopic (exact) mass is 274 g/mol. The molecule has 102 valence electrons. The number of hydrogen-bond acceptors (Lipinski definition) is 5. The number of nitrogen functional groups attached to an aromatic ring is 1. The first kappa shape index (κ1) is 14.7. The third-order valence-electron chi connectivity index (χ3n) is 2.17. The minimum absolute atomic E-state index is 0.0235. The van der Waals surface area contributed by atoms with Crippen LogP contribution in [0.25, 0.3) is 0 Å². The van der Waals surface area contributed by atoms with Crippen molar-refractivity contribution in [2.24, 2.45) is 7.05 Å². The van der Waals surface area contributed by atoms with Gasteiger partial charge in [0.25, 0.3) is 0 Å². The van der Waals surface area contributed by atoms with Crippen molar-refractivity contribution >= 4 is 15.8 Å². The van der Waals surface area contributed by atoms with Crippen LogP contribution < -0.4 is 10.5 Å². The van der Waals surface area contributed by atoms with Gasteiger partial charge in [-0.05, 0) is 6.92 Å². The summed E-state index contributed by atoms with van der Waals surface area (Å²) in [6, 6.07) is 0. The first-order valence-corrected chi connectivity index (χ1v) is 6.86. The van der Waals surface area contributed by atoms with Gasteiger partial charge in [0.1, 0.15) is 4.90 Å². The first-order valence-electron chi connectivity index (χ1n) is 5.38. The Hall–Kier alpha value is -1.38. The first-order chi connectivity index (χ1) is 8.36. The standard InChI is InChI=1S/C10H18N4O3S/c1-4-5-17-8(2)6-12-18(15,16)9-7-14(3)13-10(9)11/h4,7-8,12H,1,5-6H2,2-3H3,(H2,11,13). The van der Waals surface area contributed by atoms with Crippen molar-refractivity contribution in [2.45, 2.75) is 17.9 Å². The van der Waals surface area contributed by atoms with E-state index in [1.54, 1.807) is 20.0 Å². The summed E-state index contributed by atoms with van der Waals surface area (Å²) >= 11 is 0. The molecule has 3 N–H and O–H groups in total. The van der Waals surface area contributed by atoms with Crippen LogP contribution >= 0.6 is 0 Å². The van der Waals surface area contributed by atoms with E-state index < -0.39 is 10.0 Å². The summed E-state index contributed by atoms with van der Waals surface area (Å²) in [6.07, 6.45) is 2.70. The molecule has 0 aliphatic carbocycles. The van der Waals surface area contributed by atoms with Gasteiger partial charge in [0, 0.05) is 19.8 Å². The molecule has 0 aromatic carbocycles. The number of nitrogens with one attached hydrogen (secondary N) is 1. The van der Waals surface area contributed by atoms with Crippen LogP contribution in [0.3, 0.4) is 0 Å². The van der Waals surface area contributed by atoms with Gasteiger partial charge < -0.3 is 10.5 Å². The van der Waals surface area contributed by atoms with Gasteiger partial charge in [0.2, 0.25) is 10.0 Å². The van der Waals surface area contributed by atoms with E-state index in [1.165, 1.54) is 10.9 Å². The molecule has 7 nitrogen and oxygen atoms in total. The number of sulfonamides is 1. The molecule has 0 aliphatic heterocycles. The fourth-order valence-corrected chi connectivity index (χ4v) is 2.50. The maximum absolute atomic E-state index is 11.9. The molecule has 0 amide bonds. The summed E-state index contributed by atoms with van der Waals surface area (Å²) in [7, 11) is -2.05. The number of aryl methyl sites for hydroxylation is 1. The van der Waals surface area contributed by atoms with Crippen LogP contribution in [0.15, 0.2) is 23.7 Å². The summed E-state index contributed by atoms with van der Waals surface area (Å²) < 4.78 is 32.9. The molecule has 8 heteroatoms. The van der Waals surface area contributed by atoms with Crippen molar-refractivity contribution < 1.29 is 13.2 Å². The predicted octanol–water partition coefficient (Wildman–Crippen LogP) is -0.128. The van der Waals surface area contributed by atoms with E-state index >= 15 is 0 Å². The van der Waals surface area contributed by atoms with Crippen LogP contribution in [-0.4, -0.2) is 37.5 Å². The van der Waals surface area contributed by atoms with Crippen LogP contribution in [0.4, 0.5) is 5.82 Å². The molecular weight excluding hydrogens is 256 g/mol. The highest BCUT2D eigenvalue weighted by Gasteiger charge is 2.21. The molecule has 1 aromatic rings. The second-order valence-corrected chi connectivity index (χ2v) is 5.57. The van der Waals surface area contributed by atoms with Crippen LogP contribution in [0, 0.1) is 0 Å². The second kappa shape index (κ2) is 5.98. The van der Waals surface area contributed by atoms with Crippen molar-refractivity contribution in [2.75, 3.05) is 18.9 Å². The molecule has 0 saturated carbocycles. The Labute approximate surface area is 107 Å². The summed E-state index contributed by atoms with van der Waals surface area (Å²) in [4.78, 5) is -0.0269. The minimum Gasteiger partial charge on any atom is -0.381 e.